The molecular formula is C13H15N5S. The minimum Gasteiger partial charge on any atom is -0.369 e. The average molecular weight is 273 g/mol. The predicted octanol–water partition coefficient (Wildman–Crippen LogP) is 2.58. The molecule has 0 aromatic carbocycles. The number of aryl methyl sites for hydroxylation is 1. The van der Waals surface area contributed by atoms with Gasteiger partial charge in [-0.1, -0.05) is 6.92 Å². The maximum absolute atomic E-state index is 6.02. The molecule has 1 atom stereocenters. The second-order valence-electron chi connectivity index (χ2n) is 4.65. The number of hydrogen-bond donors (Lipinski definition) is 1. The zero-order valence-electron chi connectivity index (χ0n) is 10.9. The molecule has 6 heteroatoms. The van der Waals surface area contributed by atoms with E-state index >= 15 is 0 Å². The Bertz CT molecular complexity index is 701. The Labute approximate surface area is 115 Å². The van der Waals surface area contributed by atoms with Crippen molar-refractivity contribution in [2.45, 2.75) is 26.3 Å². The van der Waals surface area contributed by atoms with Gasteiger partial charge in [-0.25, -0.2) is 15.0 Å². The number of anilines is 1. The summed E-state index contributed by atoms with van der Waals surface area (Å²) in [7, 11) is 0. The molecule has 0 aliphatic carbocycles. The van der Waals surface area contributed by atoms with Crippen molar-refractivity contribution in [3.8, 4) is 0 Å². The van der Waals surface area contributed by atoms with E-state index in [2.05, 4.69) is 21.9 Å². The summed E-state index contributed by atoms with van der Waals surface area (Å²) < 4.78 is 1.97. The van der Waals surface area contributed by atoms with Crippen molar-refractivity contribution in [2.24, 2.45) is 0 Å². The van der Waals surface area contributed by atoms with E-state index < -0.39 is 0 Å². The summed E-state index contributed by atoms with van der Waals surface area (Å²) in [6.45, 7) is 4.90. The molecule has 3 rings (SSSR count). The molecule has 0 fully saturated rings. The summed E-state index contributed by atoms with van der Waals surface area (Å²) >= 11 is 1.66. The summed E-state index contributed by atoms with van der Waals surface area (Å²) in [5.74, 6) is 0.808. The molecule has 3 aromatic rings. The molecule has 98 valence electrons. The highest BCUT2D eigenvalue weighted by Crippen LogP contribution is 2.24. The number of thiazole rings is 1. The minimum absolute atomic E-state index is 0.294. The fourth-order valence-electron chi connectivity index (χ4n) is 2.17. The standard InChI is InChI=1S/C13H15N5S/c1-8-3-4-15-11-10(8)17-13(14)18(11)7-9(2)12-16-5-6-19-12/h3-6,9H,7H2,1-2H3,(H2,14,17). The number of hydrogen-bond acceptors (Lipinski definition) is 5. The molecule has 0 saturated heterocycles. The van der Waals surface area contributed by atoms with Gasteiger partial charge in [0.05, 0.1) is 5.01 Å². The van der Waals surface area contributed by atoms with Crippen molar-refractivity contribution in [1.82, 2.24) is 19.5 Å². The number of nitrogen functional groups attached to an aromatic ring is 1. The van der Waals surface area contributed by atoms with Gasteiger partial charge in [-0.2, -0.15) is 0 Å². The first-order chi connectivity index (χ1) is 9.16. The summed E-state index contributed by atoms with van der Waals surface area (Å²) in [6, 6.07) is 1.95. The number of nitrogens with two attached hydrogens (primary N) is 1. The van der Waals surface area contributed by atoms with E-state index in [1.54, 1.807) is 17.5 Å². The van der Waals surface area contributed by atoms with Crippen LogP contribution < -0.4 is 5.73 Å². The van der Waals surface area contributed by atoms with Gasteiger partial charge in [0, 0.05) is 30.2 Å². The first kappa shape index (κ1) is 12.1. The van der Waals surface area contributed by atoms with E-state index in [0.717, 1.165) is 28.3 Å². The third-order valence-corrected chi connectivity index (χ3v) is 4.20. The monoisotopic (exact) mass is 273 g/mol. The lowest BCUT2D eigenvalue weighted by atomic mass is 10.2. The number of fused-ring (bicyclic) bond motifs is 1. The van der Waals surface area contributed by atoms with Crippen LogP contribution in [0.25, 0.3) is 11.2 Å². The third kappa shape index (κ3) is 2.08. The van der Waals surface area contributed by atoms with Gasteiger partial charge in [-0.3, -0.25) is 4.57 Å². The van der Waals surface area contributed by atoms with Gasteiger partial charge in [-0.05, 0) is 18.6 Å². The zero-order chi connectivity index (χ0) is 13.4. The van der Waals surface area contributed by atoms with Crippen LogP contribution in [0.1, 0.15) is 23.4 Å². The van der Waals surface area contributed by atoms with Crippen molar-refractivity contribution >= 4 is 28.4 Å². The normalized spacial score (nSPS) is 12.9. The van der Waals surface area contributed by atoms with Crippen LogP contribution in [0.5, 0.6) is 0 Å². The predicted molar refractivity (Wildman–Crippen MR) is 77.2 cm³/mol. The summed E-state index contributed by atoms with van der Waals surface area (Å²) in [5.41, 5.74) is 8.84. The maximum Gasteiger partial charge on any atom is 0.202 e. The van der Waals surface area contributed by atoms with E-state index in [-0.39, 0.29) is 0 Å². The molecule has 0 bridgehead atoms. The molecule has 1 unspecified atom stereocenters. The Morgan fingerprint density at radius 3 is 2.95 bits per heavy atom. The molecule has 0 amide bonds. The summed E-state index contributed by atoms with van der Waals surface area (Å²) in [5, 5.41) is 3.10. The molecule has 3 heterocycles. The van der Waals surface area contributed by atoms with Crippen LogP contribution in [0, 0.1) is 6.92 Å². The highest BCUT2D eigenvalue weighted by molar-refractivity contribution is 7.09. The van der Waals surface area contributed by atoms with Crippen LogP contribution in [-0.2, 0) is 6.54 Å². The van der Waals surface area contributed by atoms with Crippen LogP contribution >= 0.6 is 11.3 Å². The van der Waals surface area contributed by atoms with Gasteiger partial charge < -0.3 is 5.73 Å². The molecule has 2 N–H and O–H groups in total. The highest BCUT2D eigenvalue weighted by Gasteiger charge is 2.15. The molecule has 19 heavy (non-hydrogen) atoms. The van der Waals surface area contributed by atoms with Gasteiger partial charge in [0.1, 0.15) is 5.52 Å². The Kier molecular flexibility index (Phi) is 2.94. The molecular weight excluding hydrogens is 258 g/mol. The van der Waals surface area contributed by atoms with Crippen molar-refractivity contribution in [2.75, 3.05) is 5.73 Å². The van der Waals surface area contributed by atoms with Crippen molar-refractivity contribution in [1.29, 1.82) is 0 Å². The molecule has 0 saturated carbocycles. The lowest BCUT2D eigenvalue weighted by molar-refractivity contribution is 0.610. The molecule has 5 nitrogen and oxygen atoms in total. The first-order valence-corrected chi connectivity index (χ1v) is 7.01. The third-order valence-electron chi connectivity index (χ3n) is 3.19. The maximum atomic E-state index is 6.02. The van der Waals surface area contributed by atoms with Gasteiger partial charge in [0.15, 0.2) is 5.65 Å². The Balaban J connectivity index is 2.01. The SMILES string of the molecule is Cc1ccnc2c1nc(N)n2CC(C)c1nccs1. The van der Waals surface area contributed by atoms with Crippen LogP contribution in [0.3, 0.4) is 0 Å². The number of imidazole rings is 1. The van der Waals surface area contributed by atoms with Crippen LogP contribution in [0.15, 0.2) is 23.8 Å². The molecule has 0 spiro atoms. The number of rotatable bonds is 3. The van der Waals surface area contributed by atoms with Gasteiger partial charge in [-0.15, -0.1) is 11.3 Å². The molecule has 3 aromatic heterocycles. The van der Waals surface area contributed by atoms with Gasteiger partial charge in [0.2, 0.25) is 5.95 Å². The minimum atomic E-state index is 0.294. The number of nitrogens with zero attached hydrogens (tertiary/aromatic N) is 4. The topological polar surface area (TPSA) is 69.6 Å². The smallest absolute Gasteiger partial charge is 0.202 e. The van der Waals surface area contributed by atoms with E-state index in [4.69, 9.17) is 5.73 Å². The second kappa shape index (κ2) is 4.62. The van der Waals surface area contributed by atoms with Crippen molar-refractivity contribution < 1.29 is 0 Å². The number of aromatic nitrogens is 4. The fourth-order valence-corrected chi connectivity index (χ4v) is 2.85. The Morgan fingerprint density at radius 1 is 1.37 bits per heavy atom. The molecule has 0 aliphatic rings. The molecule has 0 aliphatic heterocycles. The van der Waals surface area contributed by atoms with Crippen LogP contribution in [0.4, 0.5) is 5.95 Å². The average Bonchev–Trinajstić information content (AvgIpc) is 3.00. The van der Waals surface area contributed by atoms with Gasteiger partial charge in [0.25, 0.3) is 0 Å². The van der Waals surface area contributed by atoms with E-state index in [0.29, 0.717) is 11.9 Å². The fraction of sp³-hybridized carbons (Fsp3) is 0.308. The molecule has 0 radical (unpaired) electrons. The van der Waals surface area contributed by atoms with Gasteiger partial charge >= 0.3 is 0 Å². The highest BCUT2D eigenvalue weighted by atomic mass is 32.1. The van der Waals surface area contributed by atoms with Crippen molar-refractivity contribution in [3.63, 3.8) is 0 Å². The van der Waals surface area contributed by atoms with Crippen LogP contribution in [0.2, 0.25) is 0 Å². The second-order valence-corrected chi connectivity index (χ2v) is 5.58. The number of pyridine rings is 1. The quantitative estimate of drug-likeness (QED) is 0.796. The largest absolute Gasteiger partial charge is 0.369 e. The van der Waals surface area contributed by atoms with Crippen molar-refractivity contribution in [3.05, 3.63) is 34.4 Å². The lowest BCUT2D eigenvalue weighted by Crippen LogP contribution is -2.09. The Morgan fingerprint density at radius 2 is 2.21 bits per heavy atom. The van der Waals surface area contributed by atoms with E-state index in [1.165, 1.54) is 0 Å². The summed E-state index contributed by atoms with van der Waals surface area (Å²) in [6.07, 6.45) is 3.62. The van der Waals surface area contributed by atoms with E-state index in [1.807, 2.05) is 29.1 Å². The first-order valence-electron chi connectivity index (χ1n) is 6.13. The lowest BCUT2D eigenvalue weighted by Gasteiger charge is -2.11. The van der Waals surface area contributed by atoms with E-state index in [9.17, 15) is 0 Å². The Hall–Kier alpha value is -1.95. The van der Waals surface area contributed by atoms with Crippen LogP contribution in [-0.4, -0.2) is 19.5 Å². The zero-order valence-corrected chi connectivity index (χ0v) is 11.7. The summed E-state index contributed by atoms with van der Waals surface area (Å²) in [4.78, 5) is 13.2.